The van der Waals surface area contributed by atoms with E-state index in [1.807, 2.05) is 48.5 Å². The van der Waals surface area contributed by atoms with Gasteiger partial charge in [-0.1, -0.05) is 25.4 Å². The topological polar surface area (TPSA) is 74.5 Å². The first-order valence-corrected chi connectivity index (χ1v) is 14.8. The van der Waals surface area contributed by atoms with E-state index < -0.39 is 23.1 Å². The number of benzene rings is 1. The second-order valence-corrected chi connectivity index (χ2v) is 11.5. The van der Waals surface area contributed by atoms with Gasteiger partial charge in [-0.15, -0.1) is 13.2 Å². The van der Waals surface area contributed by atoms with Crippen molar-refractivity contribution in [2.75, 3.05) is 20.1 Å². The maximum atomic E-state index is 15.8. The molecular weight excluding hydrogens is 566 g/mol. The highest BCUT2D eigenvalue weighted by Gasteiger charge is 2.45. The first-order valence-electron chi connectivity index (χ1n) is 14.4. The van der Waals surface area contributed by atoms with Crippen molar-refractivity contribution in [1.29, 1.82) is 0 Å². The van der Waals surface area contributed by atoms with E-state index in [1.165, 1.54) is 6.07 Å². The molecule has 1 fully saturated rings. The van der Waals surface area contributed by atoms with Crippen LogP contribution in [0.15, 0.2) is 41.6 Å². The molecule has 1 aromatic rings. The van der Waals surface area contributed by atoms with E-state index in [-0.39, 0.29) is 35.2 Å². The smallest absolute Gasteiger partial charge is 0.383 e. The summed E-state index contributed by atoms with van der Waals surface area (Å²) >= 11 is 6.45. The summed E-state index contributed by atoms with van der Waals surface area (Å²) in [4.78, 5) is 4.12. The lowest BCUT2D eigenvalue weighted by Crippen LogP contribution is -2.58. The average Bonchev–Trinajstić information content (AvgIpc) is 2.86. The first-order chi connectivity index (χ1) is 19.5. The molecule has 2 rings (SSSR count). The number of nitrogens with one attached hydrogen (secondary N) is 3. The Kier molecular flexibility index (Phi) is 17.5. The van der Waals surface area contributed by atoms with E-state index in [1.54, 1.807) is 26.3 Å². The summed E-state index contributed by atoms with van der Waals surface area (Å²) in [5.74, 6) is -0.872. The van der Waals surface area contributed by atoms with Crippen molar-refractivity contribution in [3.05, 3.63) is 64.1 Å². The summed E-state index contributed by atoms with van der Waals surface area (Å²) in [6.45, 7) is 22.3. The summed E-state index contributed by atoms with van der Waals surface area (Å²) in [7, 11) is 1.64. The predicted molar refractivity (Wildman–Crippen MR) is 173 cm³/mol. The Morgan fingerprint density at radius 1 is 1.21 bits per heavy atom. The van der Waals surface area contributed by atoms with Gasteiger partial charge in [0.05, 0.1) is 5.02 Å². The van der Waals surface area contributed by atoms with Gasteiger partial charge in [0.1, 0.15) is 11.9 Å². The molecule has 240 valence electrons. The van der Waals surface area contributed by atoms with Gasteiger partial charge in [-0.25, -0.2) is 4.39 Å². The second-order valence-electron chi connectivity index (χ2n) is 11.2. The van der Waals surface area contributed by atoms with Crippen molar-refractivity contribution in [2.24, 2.45) is 10.7 Å². The number of allylic oxidation sites excluding steroid dienone is 4. The van der Waals surface area contributed by atoms with Crippen molar-refractivity contribution in [1.82, 2.24) is 16.0 Å². The van der Waals surface area contributed by atoms with Crippen molar-refractivity contribution in [3.8, 4) is 0 Å². The summed E-state index contributed by atoms with van der Waals surface area (Å²) in [6.07, 6.45) is 0.223. The number of aryl methyl sites for hydroxylation is 1. The Balaban J connectivity index is 0.00000402. The van der Waals surface area contributed by atoms with Gasteiger partial charge in [0, 0.05) is 66.4 Å². The third-order valence-corrected chi connectivity index (χ3v) is 6.67. The zero-order valence-corrected chi connectivity index (χ0v) is 27.6. The number of alkyl halides is 3. The molecular formula is C32H52ClF4N5. The molecule has 42 heavy (non-hydrogen) atoms. The fraction of sp³-hybridized carbons (Fsp3) is 0.594. The standard InChI is InChI=1S/C28H42ClF4N5.C2H6.C2H4/c1-16(11-20(13-35-7)18(3)38-27(4,5)6)22-12-19(10-8-9-17(2)34)23(24(29)25(22)30)26(28(31,32)33)37-21-14-36-15-21;2*1-2/h11-13,17,21,26,36-38H,8-10,14-15,34H2,1-7H3;1-2H3;1-2H2/b16-11+,20-18-,35-13?;;. The third kappa shape index (κ3) is 12.6. The minimum atomic E-state index is -4.66. The van der Waals surface area contributed by atoms with Crippen LogP contribution in [0, 0.1) is 5.82 Å². The van der Waals surface area contributed by atoms with Crippen LogP contribution >= 0.6 is 11.6 Å². The number of aliphatic imine (C=N–C) groups is 1. The molecule has 5 nitrogen and oxygen atoms in total. The van der Waals surface area contributed by atoms with Crippen LogP contribution in [0.25, 0.3) is 5.57 Å². The molecule has 0 saturated carbocycles. The molecule has 0 aliphatic carbocycles. The van der Waals surface area contributed by atoms with E-state index in [4.69, 9.17) is 17.3 Å². The van der Waals surface area contributed by atoms with Crippen LogP contribution in [0.4, 0.5) is 17.6 Å². The molecule has 10 heteroatoms. The number of halogens is 5. The molecule has 0 radical (unpaired) electrons. The second kappa shape index (κ2) is 18.5. The zero-order valence-electron chi connectivity index (χ0n) is 26.8. The molecule has 1 heterocycles. The number of nitrogens with two attached hydrogens (primary N) is 1. The van der Waals surface area contributed by atoms with Crippen LogP contribution in [-0.4, -0.2) is 50.2 Å². The summed E-state index contributed by atoms with van der Waals surface area (Å²) in [5.41, 5.74) is 8.03. The van der Waals surface area contributed by atoms with E-state index in [0.717, 1.165) is 11.3 Å². The number of nitrogens with zero attached hydrogens (tertiary/aromatic N) is 1. The average molecular weight is 618 g/mol. The molecule has 1 aromatic carbocycles. The third-order valence-electron chi connectivity index (χ3n) is 6.30. The van der Waals surface area contributed by atoms with Crippen molar-refractivity contribution in [3.63, 3.8) is 0 Å². The van der Waals surface area contributed by atoms with E-state index in [0.29, 0.717) is 37.1 Å². The number of rotatable bonds is 11. The van der Waals surface area contributed by atoms with Crippen LogP contribution in [0.1, 0.15) is 91.0 Å². The van der Waals surface area contributed by atoms with Crippen LogP contribution < -0.4 is 21.7 Å². The lowest BCUT2D eigenvalue weighted by Gasteiger charge is -2.35. The van der Waals surface area contributed by atoms with Crippen molar-refractivity contribution < 1.29 is 17.6 Å². The molecule has 1 saturated heterocycles. The molecule has 1 aliphatic heterocycles. The van der Waals surface area contributed by atoms with Gasteiger partial charge in [0.15, 0.2) is 0 Å². The highest BCUT2D eigenvalue weighted by Crippen LogP contribution is 2.42. The minimum absolute atomic E-state index is 0.104. The fourth-order valence-corrected chi connectivity index (χ4v) is 4.76. The van der Waals surface area contributed by atoms with Gasteiger partial charge in [-0.05, 0) is 84.1 Å². The Morgan fingerprint density at radius 3 is 2.21 bits per heavy atom. The molecule has 0 amide bonds. The van der Waals surface area contributed by atoms with E-state index in [9.17, 15) is 13.2 Å². The number of hydrogen-bond donors (Lipinski definition) is 4. The van der Waals surface area contributed by atoms with Crippen LogP contribution in [0.5, 0.6) is 0 Å². The van der Waals surface area contributed by atoms with Gasteiger partial charge in [0.2, 0.25) is 0 Å². The quantitative estimate of drug-likeness (QED) is 0.0881. The van der Waals surface area contributed by atoms with Crippen LogP contribution in [0.2, 0.25) is 5.02 Å². The van der Waals surface area contributed by atoms with E-state index >= 15 is 4.39 Å². The Morgan fingerprint density at radius 2 is 1.79 bits per heavy atom. The number of hydrogen-bond acceptors (Lipinski definition) is 5. The molecule has 0 aromatic heterocycles. The predicted octanol–water partition coefficient (Wildman–Crippen LogP) is 7.91. The molecule has 2 unspecified atom stereocenters. The molecule has 1 aliphatic rings. The van der Waals surface area contributed by atoms with Gasteiger partial charge in [-0.3, -0.25) is 10.3 Å². The minimum Gasteiger partial charge on any atom is -0.383 e. The lowest BCUT2D eigenvalue weighted by molar-refractivity contribution is -0.160. The summed E-state index contributed by atoms with van der Waals surface area (Å²) in [6, 6.07) is -1.05. The molecule has 0 bridgehead atoms. The monoisotopic (exact) mass is 617 g/mol. The van der Waals surface area contributed by atoms with Crippen molar-refractivity contribution in [2.45, 2.75) is 104 Å². The maximum absolute atomic E-state index is 15.8. The van der Waals surface area contributed by atoms with Gasteiger partial charge in [-0.2, -0.15) is 13.2 Å². The first kappa shape index (κ1) is 39.8. The summed E-state index contributed by atoms with van der Waals surface area (Å²) < 4.78 is 58.6. The van der Waals surface area contributed by atoms with Crippen molar-refractivity contribution >= 4 is 23.4 Å². The lowest BCUT2D eigenvalue weighted by atomic mass is 9.90. The van der Waals surface area contributed by atoms with E-state index in [2.05, 4.69) is 34.1 Å². The SMILES string of the molecule is C=C.CC.CN=CC(/C=C(\C)c1cc(CCCC(C)N)c(C(NC2CNC2)C(F)(F)F)c(Cl)c1F)=C(/C)NC(C)(C)C. The Hall–Kier alpha value is -2.20. The molecule has 5 N–H and O–H groups in total. The highest BCUT2D eigenvalue weighted by atomic mass is 35.5. The zero-order chi connectivity index (χ0) is 32.8. The molecule has 2 atom stereocenters. The maximum Gasteiger partial charge on any atom is 0.407 e. The van der Waals surface area contributed by atoms with Gasteiger partial charge < -0.3 is 16.4 Å². The fourth-order valence-electron chi connectivity index (χ4n) is 4.42. The molecule has 0 spiro atoms. The highest BCUT2D eigenvalue weighted by molar-refractivity contribution is 6.32. The summed E-state index contributed by atoms with van der Waals surface area (Å²) in [5, 5.41) is 8.47. The Bertz CT molecular complexity index is 1070. The van der Waals surface area contributed by atoms with Crippen LogP contribution in [0.3, 0.4) is 0 Å². The van der Waals surface area contributed by atoms with Gasteiger partial charge in [0.25, 0.3) is 0 Å². The normalized spacial score (nSPS) is 16.4. The Labute approximate surface area is 256 Å². The van der Waals surface area contributed by atoms with Gasteiger partial charge >= 0.3 is 6.18 Å². The van der Waals surface area contributed by atoms with Crippen LogP contribution in [-0.2, 0) is 6.42 Å². The largest absolute Gasteiger partial charge is 0.407 e.